The Bertz CT molecular complexity index is 261. The van der Waals surface area contributed by atoms with Crippen LogP contribution in [-0.4, -0.2) is 26.4 Å². The number of rotatable bonds is 1. The number of para-hydroxylation sites is 2. The van der Waals surface area contributed by atoms with Crippen molar-refractivity contribution in [1.82, 2.24) is 0 Å². The number of ether oxygens (including phenoxy) is 2. The van der Waals surface area contributed by atoms with E-state index in [2.05, 4.69) is 5.32 Å². The number of fused-ring (bicyclic) bond motifs is 1. The van der Waals surface area contributed by atoms with Crippen LogP contribution in [0.4, 0.5) is 5.69 Å². The molecule has 0 spiro atoms. The average Bonchev–Trinajstić information content (AvgIpc) is 2.39. The van der Waals surface area contributed by atoms with E-state index in [9.17, 15) is 0 Å². The minimum absolute atomic E-state index is 0.132. The second-order valence-electron chi connectivity index (χ2n) is 3.05. The number of nitrogens with one attached hydrogen (secondary N) is 1. The van der Waals surface area contributed by atoms with Gasteiger partial charge in [0.05, 0.1) is 5.69 Å². The highest BCUT2D eigenvalue weighted by atomic mass is 16.5. The molecule has 0 saturated heterocycles. The molecule has 13 heavy (non-hydrogen) atoms. The predicted molar refractivity (Wildman–Crippen MR) is 51.2 cm³/mol. The zero-order valence-corrected chi connectivity index (χ0v) is 7.62. The third-order valence-electron chi connectivity index (χ3n) is 2.17. The van der Waals surface area contributed by atoms with E-state index >= 15 is 0 Å². The third kappa shape index (κ3) is 1.75. The molecule has 1 heterocycles. The standard InChI is InChI=1S/C10H13NO2/c1-12-8-6-11-9-4-2-3-5-10(9)13-7-8/h2-5,8,11H,6-7H2,1H3. The Morgan fingerprint density at radius 1 is 1.46 bits per heavy atom. The SMILES string of the molecule is COC1CNc2ccccc2OC1. The topological polar surface area (TPSA) is 30.5 Å². The van der Waals surface area contributed by atoms with Gasteiger partial charge in [-0.15, -0.1) is 0 Å². The molecule has 1 aromatic rings. The first-order valence-corrected chi connectivity index (χ1v) is 4.38. The van der Waals surface area contributed by atoms with Gasteiger partial charge in [-0.3, -0.25) is 0 Å². The first-order chi connectivity index (χ1) is 6.40. The van der Waals surface area contributed by atoms with E-state index < -0.39 is 0 Å². The Morgan fingerprint density at radius 3 is 3.15 bits per heavy atom. The van der Waals surface area contributed by atoms with E-state index in [1.807, 2.05) is 24.3 Å². The molecule has 0 aliphatic carbocycles. The molecule has 0 amide bonds. The maximum Gasteiger partial charge on any atom is 0.142 e. The summed E-state index contributed by atoms with van der Waals surface area (Å²) in [5, 5.41) is 3.28. The summed E-state index contributed by atoms with van der Waals surface area (Å²) in [6.07, 6.45) is 0.132. The number of anilines is 1. The number of hydrogen-bond acceptors (Lipinski definition) is 3. The smallest absolute Gasteiger partial charge is 0.142 e. The molecule has 1 aliphatic rings. The van der Waals surface area contributed by atoms with Crippen LogP contribution in [-0.2, 0) is 4.74 Å². The maximum atomic E-state index is 5.56. The van der Waals surface area contributed by atoms with Gasteiger partial charge in [0.25, 0.3) is 0 Å². The first kappa shape index (κ1) is 8.38. The van der Waals surface area contributed by atoms with Gasteiger partial charge in [0.1, 0.15) is 18.5 Å². The van der Waals surface area contributed by atoms with Crippen LogP contribution in [0.15, 0.2) is 24.3 Å². The highest BCUT2D eigenvalue weighted by Gasteiger charge is 2.14. The van der Waals surface area contributed by atoms with Gasteiger partial charge in [-0.1, -0.05) is 12.1 Å². The summed E-state index contributed by atoms with van der Waals surface area (Å²) in [5.74, 6) is 0.905. The van der Waals surface area contributed by atoms with Gasteiger partial charge in [0.2, 0.25) is 0 Å². The van der Waals surface area contributed by atoms with Crippen molar-refractivity contribution in [2.45, 2.75) is 6.10 Å². The molecule has 2 rings (SSSR count). The minimum atomic E-state index is 0.132. The molecule has 70 valence electrons. The fourth-order valence-corrected chi connectivity index (χ4v) is 1.36. The van der Waals surface area contributed by atoms with Crippen molar-refractivity contribution in [3.63, 3.8) is 0 Å². The van der Waals surface area contributed by atoms with Crippen LogP contribution in [0.1, 0.15) is 0 Å². The molecule has 1 atom stereocenters. The van der Waals surface area contributed by atoms with Crippen molar-refractivity contribution in [1.29, 1.82) is 0 Å². The minimum Gasteiger partial charge on any atom is -0.489 e. The summed E-state index contributed by atoms with van der Waals surface area (Å²) in [6.45, 7) is 1.41. The molecule has 0 bridgehead atoms. The van der Waals surface area contributed by atoms with Crippen molar-refractivity contribution in [3.8, 4) is 5.75 Å². The fourth-order valence-electron chi connectivity index (χ4n) is 1.36. The molecular weight excluding hydrogens is 166 g/mol. The summed E-state index contributed by atoms with van der Waals surface area (Å²) in [5.41, 5.74) is 1.04. The number of methoxy groups -OCH3 is 1. The van der Waals surface area contributed by atoms with Crippen LogP contribution < -0.4 is 10.1 Å². The van der Waals surface area contributed by atoms with Crippen LogP contribution in [0.2, 0.25) is 0 Å². The van der Waals surface area contributed by atoms with Crippen molar-refractivity contribution < 1.29 is 9.47 Å². The number of benzene rings is 1. The Hall–Kier alpha value is -1.22. The summed E-state index contributed by atoms with van der Waals surface area (Å²) in [7, 11) is 1.70. The highest BCUT2D eigenvalue weighted by Crippen LogP contribution is 2.25. The Balaban J connectivity index is 2.17. The van der Waals surface area contributed by atoms with Gasteiger partial charge in [-0.05, 0) is 12.1 Å². The normalized spacial score (nSPS) is 20.8. The molecule has 1 aromatic carbocycles. The lowest BCUT2D eigenvalue weighted by atomic mass is 10.3. The van der Waals surface area contributed by atoms with Gasteiger partial charge in [-0.25, -0.2) is 0 Å². The Morgan fingerprint density at radius 2 is 2.31 bits per heavy atom. The third-order valence-corrected chi connectivity index (χ3v) is 2.17. The average molecular weight is 179 g/mol. The van der Waals surface area contributed by atoms with E-state index in [4.69, 9.17) is 9.47 Å². The predicted octanol–water partition coefficient (Wildman–Crippen LogP) is 1.51. The van der Waals surface area contributed by atoms with Crippen molar-refractivity contribution in [2.24, 2.45) is 0 Å². The molecule has 1 aliphatic heterocycles. The van der Waals surface area contributed by atoms with Gasteiger partial charge >= 0.3 is 0 Å². The van der Waals surface area contributed by atoms with E-state index in [1.165, 1.54) is 0 Å². The molecular formula is C10H13NO2. The lowest BCUT2D eigenvalue weighted by Gasteiger charge is -2.10. The molecule has 1 unspecified atom stereocenters. The lowest BCUT2D eigenvalue weighted by Crippen LogP contribution is -2.25. The molecule has 0 radical (unpaired) electrons. The van der Waals surface area contributed by atoms with Crippen LogP contribution >= 0.6 is 0 Å². The molecule has 3 heteroatoms. The van der Waals surface area contributed by atoms with Crippen molar-refractivity contribution in [2.75, 3.05) is 25.6 Å². The van der Waals surface area contributed by atoms with Gasteiger partial charge in [0, 0.05) is 13.7 Å². The van der Waals surface area contributed by atoms with E-state index in [1.54, 1.807) is 7.11 Å². The van der Waals surface area contributed by atoms with Gasteiger partial charge in [0.15, 0.2) is 0 Å². The van der Waals surface area contributed by atoms with Crippen LogP contribution in [0.25, 0.3) is 0 Å². The zero-order chi connectivity index (χ0) is 9.10. The number of hydrogen-bond donors (Lipinski definition) is 1. The molecule has 0 saturated carbocycles. The zero-order valence-electron chi connectivity index (χ0n) is 7.62. The van der Waals surface area contributed by atoms with E-state index in [0.29, 0.717) is 6.61 Å². The Kier molecular flexibility index (Phi) is 2.36. The monoisotopic (exact) mass is 179 g/mol. The second kappa shape index (κ2) is 3.66. The summed E-state index contributed by atoms with van der Waals surface area (Å²) in [6, 6.07) is 7.92. The van der Waals surface area contributed by atoms with E-state index in [0.717, 1.165) is 18.0 Å². The van der Waals surface area contributed by atoms with Crippen molar-refractivity contribution in [3.05, 3.63) is 24.3 Å². The second-order valence-corrected chi connectivity index (χ2v) is 3.05. The van der Waals surface area contributed by atoms with Crippen LogP contribution in [0, 0.1) is 0 Å². The Labute approximate surface area is 77.7 Å². The van der Waals surface area contributed by atoms with Crippen LogP contribution in [0.3, 0.4) is 0 Å². The van der Waals surface area contributed by atoms with Crippen LogP contribution in [0.5, 0.6) is 5.75 Å². The quantitative estimate of drug-likeness (QED) is 0.708. The molecule has 0 fully saturated rings. The van der Waals surface area contributed by atoms with Gasteiger partial charge < -0.3 is 14.8 Å². The molecule has 3 nitrogen and oxygen atoms in total. The summed E-state index contributed by atoms with van der Waals surface area (Å²) in [4.78, 5) is 0. The first-order valence-electron chi connectivity index (χ1n) is 4.38. The lowest BCUT2D eigenvalue weighted by molar-refractivity contribution is 0.0709. The summed E-state index contributed by atoms with van der Waals surface area (Å²) < 4.78 is 10.8. The van der Waals surface area contributed by atoms with E-state index in [-0.39, 0.29) is 6.10 Å². The highest BCUT2D eigenvalue weighted by molar-refractivity contribution is 5.56. The van der Waals surface area contributed by atoms with Crippen molar-refractivity contribution >= 4 is 5.69 Å². The fraction of sp³-hybridized carbons (Fsp3) is 0.400. The van der Waals surface area contributed by atoms with Gasteiger partial charge in [-0.2, -0.15) is 0 Å². The largest absolute Gasteiger partial charge is 0.489 e. The molecule has 1 N–H and O–H groups in total. The maximum absolute atomic E-state index is 5.56. The summed E-state index contributed by atoms with van der Waals surface area (Å²) >= 11 is 0. The molecule has 0 aromatic heterocycles.